The summed E-state index contributed by atoms with van der Waals surface area (Å²) in [7, 11) is 3.02. The first-order valence-electron chi connectivity index (χ1n) is 5.83. The molecule has 0 unspecified atom stereocenters. The molecule has 0 aliphatic rings. The quantitative estimate of drug-likeness (QED) is 0.462. The molecule has 1 aromatic rings. The molecule has 0 N–H and O–H groups in total. The molecule has 100 valence electrons. The Morgan fingerprint density at radius 3 is 2.21 bits per heavy atom. The molecule has 0 fully saturated rings. The number of benzene rings is 1. The predicted molar refractivity (Wildman–Crippen MR) is 65.9 cm³/mol. The van der Waals surface area contributed by atoms with Crippen LogP contribution in [0.2, 0.25) is 0 Å². The van der Waals surface area contributed by atoms with Crippen LogP contribution in [0.3, 0.4) is 0 Å². The summed E-state index contributed by atoms with van der Waals surface area (Å²) in [5.74, 6) is -2.14. The molecule has 5 heteroatoms. The topological polar surface area (TPSA) is 58.6 Å². The van der Waals surface area contributed by atoms with Gasteiger partial charge >= 0.3 is 51.4 Å². The van der Waals surface area contributed by atoms with Crippen molar-refractivity contribution in [3.63, 3.8) is 0 Å². The summed E-state index contributed by atoms with van der Waals surface area (Å²) >= 11 is 0. The van der Waals surface area contributed by atoms with Gasteiger partial charge < -0.3 is 19.4 Å². The van der Waals surface area contributed by atoms with E-state index < -0.39 is 11.8 Å². The van der Waals surface area contributed by atoms with Crippen LogP contribution >= 0.6 is 0 Å². The van der Waals surface area contributed by atoms with Gasteiger partial charge in [0.15, 0.2) is 5.79 Å². The number of carboxylic acids is 1. The first kappa shape index (κ1) is 19.2. The second kappa shape index (κ2) is 8.51. The maximum Gasteiger partial charge on any atom is 1.00 e. The van der Waals surface area contributed by atoms with Crippen LogP contribution in [0.15, 0.2) is 18.2 Å². The van der Waals surface area contributed by atoms with E-state index in [0.717, 1.165) is 11.1 Å². The van der Waals surface area contributed by atoms with Crippen LogP contribution in [0.5, 0.6) is 0 Å². The van der Waals surface area contributed by atoms with Crippen molar-refractivity contribution in [2.24, 2.45) is 0 Å². The first-order chi connectivity index (χ1) is 8.45. The van der Waals surface area contributed by atoms with Crippen molar-refractivity contribution < 1.29 is 70.8 Å². The van der Waals surface area contributed by atoms with Gasteiger partial charge in [-0.1, -0.05) is 18.2 Å². The van der Waals surface area contributed by atoms with Gasteiger partial charge in [-0.15, -0.1) is 0 Å². The Balaban J connectivity index is 0.00000324. The molecule has 0 aliphatic heterocycles. The SMILES string of the molecule is COC(CCC(=O)[O-])(OC)c1ccc(C)c(C)c1.[K+]. The predicted octanol–water partition coefficient (Wildman–Crippen LogP) is -1.72. The summed E-state index contributed by atoms with van der Waals surface area (Å²) in [4.78, 5) is 10.6. The van der Waals surface area contributed by atoms with Gasteiger partial charge in [-0.3, -0.25) is 0 Å². The number of aliphatic carboxylic acids is 1. The van der Waals surface area contributed by atoms with E-state index in [2.05, 4.69) is 0 Å². The molecule has 0 aliphatic carbocycles. The molecular formula is C14H19KO4. The molecule has 0 saturated heterocycles. The van der Waals surface area contributed by atoms with Crippen LogP contribution < -0.4 is 56.5 Å². The minimum absolute atomic E-state index is 0. The van der Waals surface area contributed by atoms with Crippen LogP contribution in [-0.4, -0.2) is 20.2 Å². The normalized spacial score (nSPS) is 10.9. The minimum Gasteiger partial charge on any atom is -0.550 e. The zero-order valence-electron chi connectivity index (χ0n) is 12.3. The Bertz CT molecular complexity index is 427. The third-order valence-electron chi connectivity index (χ3n) is 3.26. The molecule has 0 aromatic heterocycles. The van der Waals surface area contributed by atoms with E-state index >= 15 is 0 Å². The standard InChI is InChI=1S/C14H20O4.K/c1-10-5-6-12(9-11(10)2)14(17-3,18-4)8-7-13(15)16;/h5-6,9H,7-8H2,1-4H3,(H,15,16);/q;+1/p-1. The van der Waals surface area contributed by atoms with Crippen LogP contribution in [0, 0.1) is 13.8 Å². The second-order valence-corrected chi connectivity index (χ2v) is 4.33. The smallest absolute Gasteiger partial charge is 0.550 e. The molecule has 0 saturated carbocycles. The van der Waals surface area contributed by atoms with Crippen LogP contribution in [-0.2, 0) is 20.1 Å². The Morgan fingerprint density at radius 2 is 1.79 bits per heavy atom. The van der Waals surface area contributed by atoms with Gasteiger partial charge in [0, 0.05) is 32.2 Å². The fourth-order valence-electron chi connectivity index (χ4n) is 1.91. The van der Waals surface area contributed by atoms with E-state index in [1.54, 1.807) is 0 Å². The number of rotatable bonds is 6. The molecule has 19 heavy (non-hydrogen) atoms. The van der Waals surface area contributed by atoms with Gasteiger partial charge in [0.05, 0.1) is 0 Å². The summed E-state index contributed by atoms with van der Waals surface area (Å²) in [6.07, 6.45) is 0.0967. The van der Waals surface area contributed by atoms with Crippen LogP contribution in [0.4, 0.5) is 0 Å². The molecule has 0 heterocycles. The molecule has 1 aromatic carbocycles. The number of ether oxygens (including phenoxy) is 2. The molecular weight excluding hydrogens is 271 g/mol. The van der Waals surface area contributed by atoms with E-state index in [1.807, 2.05) is 32.0 Å². The van der Waals surface area contributed by atoms with Gasteiger partial charge in [0.1, 0.15) is 0 Å². The van der Waals surface area contributed by atoms with Gasteiger partial charge in [0.25, 0.3) is 0 Å². The maximum absolute atomic E-state index is 10.6. The van der Waals surface area contributed by atoms with Crippen molar-refractivity contribution >= 4 is 5.97 Å². The minimum atomic E-state index is -1.11. The summed E-state index contributed by atoms with van der Waals surface area (Å²) in [5, 5.41) is 10.6. The van der Waals surface area contributed by atoms with Gasteiger partial charge in [0.2, 0.25) is 0 Å². The number of hydrogen-bond donors (Lipinski definition) is 0. The van der Waals surface area contributed by atoms with Gasteiger partial charge in [-0.2, -0.15) is 0 Å². The van der Waals surface area contributed by atoms with Gasteiger partial charge in [-0.25, -0.2) is 0 Å². The maximum atomic E-state index is 10.6. The van der Waals surface area contributed by atoms with E-state index in [-0.39, 0.29) is 64.2 Å². The van der Waals surface area contributed by atoms with E-state index in [0.29, 0.717) is 0 Å². The molecule has 0 radical (unpaired) electrons. The summed E-state index contributed by atoms with van der Waals surface area (Å²) in [6.45, 7) is 4.01. The average molecular weight is 290 g/mol. The number of carbonyl (C=O) groups excluding carboxylic acids is 1. The molecule has 0 amide bonds. The van der Waals surface area contributed by atoms with Crippen molar-refractivity contribution in [1.29, 1.82) is 0 Å². The Morgan fingerprint density at radius 1 is 1.21 bits per heavy atom. The monoisotopic (exact) mass is 290 g/mol. The average Bonchev–Trinajstić information content (AvgIpc) is 2.35. The fraction of sp³-hybridized carbons (Fsp3) is 0.500. The van der Waals surface area contributed by atoms with Crippen molar-refractivity contribution in [3.05, 3.63) is 34.9 Å². The molecule has 0 spiro atoms. The largest absolute Gasteiger partial charge is 1.00 e. The molecule has 0 bridgehead atoms. The molecule has 4 nitrogen and oxygen atoms in total. The first-order valence-corrected chi connectivity index (χ1v) is 5.83. The van der Waals surface area contributed by atoms with E-state index in [1.165, 1.54) is 19.8 Å². The fourth-order valence-corrected chi connectivity index (χ4v) is 1.91. The van der Waals surface area contributed by atoms with E-state index in [9.17, 15) is 9.90 Å². The van der Waals surface area contributed by atoms with Crippen molar-refractivity contribution in [2.75, 3.05) is 14.2 Å². The zero-order chi connectivity index (χ0) is 13.8. The molecule has 1 rings (SSSR count). The number of carboxylic acid groups (broad SMARTS) is 1. The Labute approximate surface area is 156 Å². The Hall–Kier alpha value is 0.246. The third-order valence-corrected chi connectivity index (χ3v) is 3.26. The van der Waals surface area contributed by atoms with Crippen molar-refractivity contribution in [3.8, 4) is 0 Å². The number of carbonyl (C=O) groups is 1. The number of aryl methyl sites for hydroxylation is 2. The van der Waals surface area contributed by atoms with Crippen molar-refractivity contribution in [1.82, 2.24) is 0 Å². The zero-order valence-corrected chi connectivity index (χ0v) is 15.4. The number of hydrogen-bond acceptors (Lipinski definition) is 4. The molecule has 0 atom stereocenters. The van der Waals surface area contributed by atoms with Crippen LogP contribution in [0.1, 0.15) is 29.5 Å². The second-order valence-electron chi connectivity index (χ2n) is 4.33. The van der Waals surface area contributed by atoms with Gasteiger partial charge in [-0.05, 0) is 31.4 Å². The number of methoxy groups -OCH3 is 2. The summed E-state index contributed by atoms with van der Waals surface area (Å²) in [5.41, 5.74) is 3.09. The van der Waals surface area contributed by atoms with E-state index in [4.69, 9.17) is 9.47 Å². The van der Waals surface area contributed by atoms with Crippen LogP contribution in [0.25, 0.3) is 0 Å². The summed E-state index contributed by atoms with van der Waals surface area (Å²) < 4.78 is 10.8. The Kier molecular flexibility index (Phi) is 8.63. The summed E-state index contributed by atoms with van der Waals surface area (Å²) in [6, 6.07) is 5.82. The third kappa shape index (κ3) is 4.93. The van der Waals surface area contributed by atoms with Crippen molar-refractivity contribution in [2.45, 2.75) is 32.5 Å².